The average molecular weight is 326 g/mol. The topological polar surface area (TPSA) is 81.3 Å². The Morgan fingerprint density at radius 2 is 2.17 bits per heavy atom. The fraction of sp³-hybridized carbons (Fsp3) is 0.389. The lowest BCUT2D eigenvalue weighted by Gasteiger charge is -2.31. The number of nitrogens with two attached hydrogens (primary N) is 1. The predicted octanol–water partition coefficient (Wildman–Crippen LogP) is 2.16. The number of nitrogens with zero attached hydrogens (tertiary/aromatic N) is 3. The Morgan fingerprint density at radius 3 is 2.92 bits per heavy atom. The van der Waals surface area contributed by atoms with Gasteiger partial charge < -0.3 is 10.5 Å². The predicted molar refractivity (Wildman–Crippen MR) is 91.8 cm³/mol. The number of ether oxygens (including phenoxy) is 1. The van der Waals surface area contributed by atoms with E-state index < -0.39 is 0 Å². The van der Waals surface area contributed by atoms with Crippen LogP contribution in [-0.4, -0.2) is 40.9 Å². The maximum atomic E-state index is 12.8. The number of nitrogen functional groups attached to an aromatic ring is 1. The van der Waals surface area contributed by atoms with Crippen LogP contribution in [0.25, 0.3) is 0 Å². The number of rotatable bonds is 5. The highest BCUT2D eigenvalue weighted by molar-refractivity contribution is 5.98. The smallest absolute Gasteiger partial charge is 0.219 e. The van der Waals surface area contributed by atoms with Crippen molar-refractivity contribution in [1.82, 2.24) is 14.9 Å². The van der Waals surface area contributed by atoms with Gasteiger partial charge in [0.1, 0.15) is 5.75 Å². The fourth-order valence-corrected chi connectivity index (χ4v) is 3.13. The number of aromatic nitrogens is 2. The molecule has 2 N–H and O–H groups in total. The Hall–Kier alpha value is -2.47. The lowest BCUT2D eigenvalue weighted by molar-refractivity contribution is 0.0811. The fourth-order valence-electron chi connectivity index (χ4n) is 3.13. The molecule has 1 aromatic carbocycles. The molecule has 126 valence electrons. The van der Waals surface area contributed by atoms with E-state index in [0.29, 0.717) is 5.75 Å². The minimum absolute atomic E-state index is 0.0144. The normalized spacial score (nSPS) is 18.3. The quantitative estimate of drug-likeness (QED) is 0.848. The van der Waals surface area contributed by atoms with Gasteiger partial charge in [0.15, 0.2) is 5.78 Å². The number of hydrogen-bond donors (Lipinski definition) is 1. The number of likely N-dealkylation sites (tertiary alicyclic amines) is 1. The molecule has 1 aliphatic heterocycles. The number of carbonyl (C=O) groups excluding carboxylic acids is 1. The first kappa shape index (κ1) is 16.4. The van der Waals surface area contributed by atoms with E-state index in [1.54, 1.807) is 19.5 Å². The first-order valence-corrected chi connectivity index (χ1v) is 8.12. The van der Waals surface area contributed by atoms with E-state index in [9.17, 15) is 4.79 Å². The third kappa shape index (κ3) is 3.89. The van der Waals surface area contributed by atoms with E-state index in [1.165, 1.54) is 0 Å². The Balaban J connectivity index is 1.66. The standard InChI is InChI=1S/C18H22N4O2/c1-24-16-6-2-4-14(8-16)17(23)15-5-3-7-22(12-15)11-13-9-20-18(19)21-10-13/h2,4,6,8-10,15H,3,5,7,11-12H2,1H3,(H2,19,20,21). The molecule has 0 amide bonds. The maximum absolute atomic E-state index is 12.8. The van der Waals surface area contributed by atoms with E-state index >= 15 is 0 Å². The van der Waals surface area contributed by atoms with Crippen molar-refractivity contribution in [1.29, 1.82) is 0 Å². The van der Waals surface area contributed by atoms with Crippen molar-refractivity contribution >= 4 is 11.7 Å². The first-order chi connectivity index (χ1) is 11.7. The third-order valence-electron chi connectivity index (χ3n) is 4.36. The van der Waals surface area contributed by atoms with Crippen molar-refractivity contribution in [3.8, 4) is 5.75 Å². The molecule has 0 saturated carbocycles. The van der Waals surface area contributed by atoms with Gasteiger partial charge in [-0.3, -0.25) is 9.69 Å². The van der Waals surface area contributed by atoms with E-state index in [0.717, 1.165) is 43.6 Å². The number of anilines is 1. The lowest BCUT2D eigenvalue weighted by Crippen LogP contribution is -2.38. The summed E-state index contributed by atoms with van der Waals surface area (Å²) in [7, 11) is 1.61. The van der Waals surface area contributed by atoms with Crippen LogP contribution in [-0.2, 0) is 6.54 Å². The highest BCUT2D eigenvalue weighted by atomic mass is 16.5. The first-order valence-electron chi connectivity index (χ1n) is 8.12. The lowest BCUT2D eigenvalue weighted by atomic mass is 9.90. The number of Topliss-reactive ketones (excluding diaryl/α,β-unsaturated/α-hetero) is 1. The number of benzene rings is 1. The third-order valence-corrected chi connectivity index (χ3v) is 4.36. The SMILES string of the molecule is COc1cccc(C(=O)C2CCCN(Cc3cnc(N)nc3)C2)c1. The Labute approximate surface area is 141 Å². The van der Waals surface area contributed by atoms with Gasteiger partial charge in [0, 0.05) is 42.5 Å². The van der Waals surface area contributed by atoms with Crippen LogP contribution < -0.4 is 10.5 Å². The molecule has 3 rings (SSSR count). The molecule has 0 spiro atoms. The molecule has 1 unspecified atom stereocenters. The van der Waals surface area contributed by atoms with Crippen LogP contribution >= 0.6 is 0 Å². The Morgan fingerprint density at radius 1 is 1.38 bits per heavy atom. The number of ketones is 1. The zero-order valence-corrected chi connectivity index (χ0v) is 13.8. The van der Waals surface area contributed by atoms with Crippen LogP contribution in [0.5, 0.6) is 5.75 Å². The van der Waals surface area contributed by atoms with E-state index in [-0.39, 0.29) is 17.6 Å². The zero-order valence-electron chi connectivity index (χ0n) is 13.8. The van der Waals surface area contributed by atoms with Crippen molar-refractivity contribution in [2.75, 3.05) is 25.9 Å². The number of methoxy groups -OCH3 is 1. The van der Waals surface area contributed by atoms with Crippen molar-refractivity contribution < 1.29 is 9.53 Å². The maximum Gasteiger partial charge on any atom is 0.219 e. The second-order valence-corrected chi connectivity index (χ2v) is 6.12. The van der Waals surface area contributed by atoms with Gasteiger partial charge in [0.25, 0.3) is 0 Å². The van der Waals surface area contributed by atoms with Crippen LogP contribution in [0.4, 0.5) is 5.95 Å². The number of hydrogen-bond acceptors (Lipinski definition) is 6. The van der Waals surface area contributed by atoms with Gasteiger partial charge in [-0.1, -0.05) is 12.1 Å². The van der Waals surface area contributed by atoms with Gasteiger partial charge >= 0.3 is 0 Å². The average Bonchev–Trinajstić information content (AvgIpc) is 2.63. The Bertz CT molecular complexity index is 702. The molecule has 1 aromatic heterocycles. The summed E-state index contributed by atoms with van der Waals surface area (Å²) in [6.45, 7) is 2.47. The number of carbonyl (C=O) groups is 1. The van der Waals surface area contributed by atoms with Crippen LogP contribution in [0.2, 0.25) is 0 Å². The summed E-state index contributed by atoms with van der Waals surface area (Å²) in [5.41, 5.74) is 7.25. The Kier molecular flexibility index (Phi) is 5.05. The van der Waals surface area contributed by atoms with E-state index in [2.05, 4.69) is 14.9 Å². The van der Waals surface area contributed by atoms with Crippen LogP contribution in [0.3, 0.4) is 0 Å². The molecule has 1 saturated heterocycles. The van der Waals surface area contributed by atoms with Crippen molar-refractivity contribution in [3.63, 3.8) is 0 Å². The van der Waals surface area contributed by atoms with Crippen molar-refractivity contribution in [2.45, 2.75) is 19.4 Å². The van der Waals surface area contributed by atoms with Gasteiger partial charge in [0.2, 0.25) is 5.95 Å². The summed E-state index contributed by atoms with van der Waals surface area (Å²) in [6.07, 6.45) is 5.42. The van der Waals surface area contributed by atoms with Gasteiger partial charge in [-0.05, 0) is 31.5 Å². The highest BCUT2D eigenvalue weighted by Gasteiger charge is 2.26. The van der Waals surface area contributed by atoms with Gasteiger partial charge in [-0.25, -0.2) is 9.97 Å². The summed E-state index contributed by atoms with van der Waals surface area (Å²) >= 11 is 0. The van der Waals surface area contributed by atoms with Crippen molar-refractivity contribution in [2.24, 2.45) is 5.92 Å². The molecule has 6 heteroatoms. The van der Waals surface area contributed by atoms with E-state index in [1.807, 2.05) is 24.3 Å². The largest absolute Gasteiger partial charge is 0.497 e. The second kappa shape index (κ2) is 7.40. The molecule has 0 bridgehead atoms. The molecule has 0 aliphatic carbocycles. The van der Waals surface area contributed by atoms with Crippen LogP contribution in [0.15, 0.2) is 36.7 Å². The minimum Gasteiger partial charge on any atom is -0.497 e. The van der Waals surface area contributed by atoms with Crippen LogP contribution in [0, 0.1) is 5.92 Å². The molecule has 0 radical (unpaired) electrons. The molecule has 1 atom stereocenters. The summed E-state index contributed by atoms with van der Waals surface area (Å²) < 4.78 is 5.22. The van der Waals surface area contributed by atoms with Crippen LogP contribution in [0.1, 0.15) is 28.8 Å². The second-order valence-electron chi connectivity index (χ2n) is 6.12. The van der Waals surface area contributed by atoms with E-state index in [4.69, 9.17) is 10.5 Å². The summed E-state index contributed by atoms with van der Waals surface area (Å²) in [5.74, 6) is 1.20. The molecule has 6 nitrogen and oxygen atoms in total. The minimum atomic E-state index is 0.0144. The molecule has 1 fully saturated rings. The molecule has 2 aromatic rings. The molecule has 2 heterocycles. The highest BCUT2D eigenvalue weighted by Crippen LogP contribution is 2.24. The summed E-state index contributed by atoms with van der Waals surface area (Å²) in [4.78, 5) is 23.1. The summed E-state index contributed by atoms with van der Waals surface area (Å²) in [6, 6.07) is 7.39. The number of piperidine rings is 1. The molecule has 24 heavy (non-hydrogen) atoms. The summed E-state index contributed by atoms with van der Waals surface area (Å²) in [5, 5.41) is 0. The van der Waals surface area contributed by atoms with Gasteiger partial charge in [-0.15, -0.1) is 0 Å². The van der Waals surface area contributed by atoms with Crippen molar-refractivity contribution in [3.05, 3.63) is 47.8 Å². The van der Waals surface area contributed by atoms with Gasteiger partial charge in [-0.2, -0.15) is 0 Å². The molecular weight excluding hydrogens is 304 g/mol. The monoisotopic (exact) mass is 326 g/mol. The van der Waals surface area contributed by atoms with Gasteiger partial charge in [0.05, 0.1) is 7.11 Å². The molecule has 1 aliphatic rings. The molecular formula is C18H22N4O2. The zero-order chi connectivity index (χ0) is 16.9.